The van der Waals surface area contributed by atoms with Gasteiger partial charge in [0.25, 0.3) is 0 Å². The van der Waals surface area contributed by atoms with E-state index in [1.54, 1.807) is 4.68 Å². The summed E-state index contributed by atoms with van der Waals surface area (Å²) in [6.07, 6.45) is 8.66. The molecule has 0 fully saturated rings. The molecule has 0 aliphatic heterocycles. The van der Waals surface area contributed by atoms with Gasteiger partial charge in [-0.2, -0.15) is 5.10 Å². The molecule has 3 aromatic heterocycles. The Morgan fingerprint density at radius 2 is 2.10 bits per heavy atom. The number of thiophene rings is 1. The molecule has 4 rings (SSSR count). The van der Waals surface area contributed by atoms with Crippen molar-refractivity contribution >= 4 is 27.4 Å². The van der Waals surface area contributed by atoms with Crippen molar-refractivity contribution in [1.29, 1.82) is 0 Å². The first-order chi connectivity index (χ1) is 10.3. The summed E-state index contributed by atoms with van der Waals surface area (Å²) in [6, 6.07) is 0. The minimum Gasteiger partial charge on any atom is -0.372 e. The van der Waals surface area contributed by atoms with E-state index in [4.69, 9.17) is 9.97 Å². The average molecular weight is 299 g/mol. The largest absolute Gasteiger partial charge is 0.372 e. The molecule has 108 valence electrons. The number of aromatic nitrogens is 4. The number of nitrogens with one attached hydrogen (secondary N) is 1. The minimum absolute atomic E-state index is 0.749. The van der Waals surface area contributed by atoms with Crippen LogP contribution < -0.4 is 5.32 Å². The molecule has 21 heavy (non-hydrogen) atoms. The predicted molar refractivity (Wildman–Crippen MR) is 85.8 cm³/mol. The molecule has 0 saturated heterocycles. The van der Waals surface area contributed by atoms with Crippen molar-refractivity contribution < 1.29 is 0 Å². The summed E-state index contributed by atoms with van der Waals surface area (Å²) in [5.74, 6) is 1.69. The van der Waals surface area contributed by atoms with Gasteiger partial charge in [0.15, 0.2) is 5.82 Å². The van der Waals surface area contributed by atoms with Gasteiger partial charge in [0.1, 0.15) is 10.6 Å². The van der Waals surface area contributed by atoms with E-state index < -0.39 is 0 Å². The molecular formula is C15H17N5S. The zero-order chi connectivity index (χ0) is 14.4. The van der Waals surface area contributed by atoms with E-state index in [0.29, 0.717) is 0 Å². The van der Waals surface area contributed by atoms with Crippen LogP contribution >= 0.6 is 11.3 Å². The quantitative estimate of drug-likeness (QED) is 0.790. The molecular weight excluding hydrogens is 282 g/mol. The van der Waals surface area contributed by atoms with Crippen LogP contribution in [0.3, 0.4) is 0 Å². The summed E-state index contributed by atoms with van der Waals surface area (Å²) in [6.45, 7) is 0. The van der Waals surface area contributed by atoms with Crippen molar-refractivity contribution in [2.45, 2.75) is 25.7 Å². The molecule has 0 amide bonds. The Labute approximate surface area is 127 Å². The number of hydrogen-bond donors (Lipinski definition) is 1. The van der Waals surface area contributed by atoms with Crippen molar-refractivity contribution in [1.82, 2.24) is 19.7 Å². The Morgan fingerprint density at radius 3 is 2.86 bits per heavy atom. The number of aryl methyl sites for hydroxylation is 3. The molecule has 0 unspecified atom stereocenters. The number of nitrogens with zero attached hydrogens (tertiary/aromatic N) is 4. The molecule has 0 bridgehead atoms. The van der Waals surface area contributed by atoms with Crippen LogP contribution in [0.5, 0.6) is 0 Å². The highest BCUT2D eigenvalue weighted by Crippen LogP contribution is 2.39. The molecule has 0 aromatic carbocycles. The fraction of sp³-hybridized carbons (Fsp3) is 0.400. The third-order valence-electron chi connectivity index (χ3n) is 4.01. The lowest BCUT2D eigenvalue weighted by atomic mass is 9.97. The molecule has 0 spiro atoms. The molecule has 0 atom stereocenters. The summed E-state index contributed by atoms with van der Waals surface area (Å²) in [5.41, 5.74) is 2.42. The van der Waals surface area contributed by atoms with Crippen molar-refractivity contribution in [2.24, 2.45) is 7.05 Å². The second-order valence-corrected chi connectivity index (χ2v) is 6.52. The zero-order valence-electron chi connectivity index (χ0n) is 12.2. The first-order valence-electron chi connectivity index (χ1n) is 7.25. The highest BCUT2D eigenvalue weighted by Gasteiger charge is 2.21. The van der Waals surface area contributed by atoms with Gasteiger partial charge in [-0.25, -0.2) is 9.97 Å². The number of rotatable bonds is 2. The van der Waals surface area contributed by atoms with Crippen molar-refractivity contribution in [3.63, 3.8) is 0 Å². The lowest BCUT2D eigenvalue weighted by molar-refractivity contribution is 0.700. The van der Waals surface area contributed by atoms with Gasteiger partial charge in [0.05, 0.1) is 17.1 Å². The monoisotopic (exact) mass is 299 g/mol. The smallest absolute Gasteiger partial charge is 0.166 e. The van der Waals surface area contributed by atoms with Gasteiger partial charge < -0.3 is 5.32 Å². The minimum atomic E-state index is 0.749. The second kappa shape index (κ2) is 4.80. The summed E-state index contributed by atoms with van der Waals surface area (Å²) in [5, 5.41) is 8.69. The summed E-state index contributed by atoms with van der Waals surface area (Å²) in [4.78, 5) is 12.1. The predicted octanol–water partition coefficient (Wildman–Crippen LogP) is 3.01. The first kappa shape index (κ1) is 12.8. The Kier molecular flexibility index (Phi) is 2.92. The molecule has 0 radical (unpaired) electrons. The maximum atomic E-state index is 4.79. The van der Waals surface area contributed by atoms with Gasteiger partial charge in [-0.15, -0.1) is 11.3 Å². The third-order valence-corrected chi connectivity index (χ3v) is 5.20. The van der Waals surface area contributed by atoms with E-state index in [2.05, 4.69) is 10.4 Å². The standard InChI is InChI=1S/C15H17N5S/c1-16-14-12-10-5-3-4-6-11(10)21-15(12)19-13(18-14)9-7-17-20(2)8-9/h7-8H,3-6H2,1-2H3,(H,16,18,19). The van der Waals surface area contributed by atoms with Crippen LogP contribution in [0.4, 0.5) is 5.82 Å². The Balaban J connectivity index is 1.96. The van der Waals surface area contributed by atoms with Gasteiger partial charge in [0, 0.05) is 25.2 Å². The average Bonchev–Trinajstić information content (AvgIpc) is 3.09. The van der Waals surface area contributed by atoms with E-state index >= 15 is 0 Å². The van der Waals surface area contributed by atoms with Crippen LogP contribution in [0, 0.1) is 0 Å². The molecule has 1 aliphatic rings. The second-order valence-electron chi connectivity index (χ2n) is 5.44. The van der Waals surface area contributed by atoms with Crippen LogP contribution in [0.2, 0.25) is 0 Å². The molecule has 0 saturated carbocycles. The molecule has 1 aliphatic carbocycles. The zero-order valence-corrected chi connectivity index (χ0v) is 13.0. The highest BCUT2D eigenvalue weighted by molar-refractivity contribution is 7.19. The van der Waals surface area contributed by atoms with Gasteiger partial charge in [-0.05, 0) is 31.2 Å². The molecule has 1 N–H and O–H groups in total. The lowest BCUT2D eigenvalue weighted by Crippen LogP contribution is -2.01. The van der Waals surface area contributed by atoms with Crippen molar-refractivity contribution in [3.8, 4) is 11.4 Å². The summed E-state index contributed by atoms with van der Waals surface area (Å²) < 4.78 is 1.78. The van der Waals surface area contributed by atoms with Crippen molar-refractivity contribution in [3.05, 3.63) is 22.8 Å². The van der Waals surface area contributed by atoms with Crippen LogP contribution in [0.25, 0.3) is 21.6 Å². The Morgan fingerprint density at radius 1 is 1.24 bits per heavy atom. The van der Waals surface area contributed by atoms with Gasteiger partial charge in [-0.1, -0.05) is 0 Å². The van der Waals surface area contributed by atoms with Gasteiger partial charge in [0.2, 0.25) is 0 Å². The number of fused-ring (bicyclic) bond motifs is 3. The van der Waals surface area contributed by atoms with Gasteiger partial charge in [-0.3, -0.25) is 4.68 Å². The molecule has 3 aromatic rings. The van der Waals surface area contributed by atoms with Crippen LogP contribution in [-0.2, 0) is 19.9 Å². The lowest BCUT2D eigenvalue weighted by Gasteiger charge is -2.11. The Hall–Kier alpha value is -1.95. The van der Waals surface area contributed by atoms with Crippen LogP contribution in [0.1, 0.15) is 23.3 Å². The molecule has 6 heteroatoms. The first-order valence-corrected chi connectivity index (χ1v) is 8.07. The maximum Gasteiger partial charge on any atom is 0.166 e. The van der Waals surface area contributed by atoms with Crippen molar-refractivity contribution in [2.75, 3.05) is 12.4 Å². The fourth-order valence-corrected chi connectivity index (χ4v) is 4.27. The maximum absolute atomic E-state index is 4.79. The normalized spacial score (nSPS) is 14.4. The topological polar surface area (TPSA) is 55.6 Å². The summed E-state index contributed by atoms with van der Waals surface area (Å²) in [7, 11) is 3.84. The third kappa shape index (κ3) is 2.01. The van der Waals surface area contributed by atoms with Crippen LogP contribution in [0.15, 0.2) is 12.4 Å². The van der Waals surface area contributed by atoms with E-state index in [-0.39, 0.29) is 0 Å². The number of hydrogen-bond acceptors (Lipinski definition) is 5. The molecule has 3 heterocycles. The fourth-order valence-electron chi connectivity index (χ4n) is 3.00. The van der Waals surface area contributed by atoms with E-state index in [1.165, 1.54) is 35.1 Å². The Bertz CT molecular complexity index is 817. The van der Waals surface area contributed by atoms with Gasteiger partial charge >= 0.3 is 0 Å². The highest BCUT2D eigenvalue weighted by atomic mass is 32.1. The van der Waals surface area contributed by atoms with E-state index in [1.807, 2.05) is 37.8 Å². The van der Waals surface area contributed by atoms with E-state index in [0.717, 1.165) is 28.5 Å². The van der Waals surface area contributed by atoms with E-state index in [9.17, 15) is 0 Å². The SMILES string of the molecule is CNc1nc(-c2cnn(C)c2)nc2sc3c(c12)CCCC3. The molecule has 5 nitrogen and oxygen atoms in total. The summed E-state index contributed by atoms with van der Waals surface area (Å²) >= 11 is 1.83. The number of anilines is 1. The van der Waals surface area contributed by atoms with Crippen LogP contribution in [-0.4, -0.2) is 26.8 Å².